The second-order valence-corrected chi connectivity index (χ2v) is 5.47. The van der Waals surface area contributed by atoms with Gasteiger partial charge >= 0.3 is 0 Å². The van der Waals surface area contributed by atoms with Crippen LogP contribution in [0.3, 0.4) is 0 Å². The van der Waals surface area contributed by atoms with Gasteiger partial charge in [-0.3, -0.25) is 14.8 Å². The number of hydrogen-bond donors (Lipinski definition) is 1. The SMILES string of the molecule is C[C@H](NC(=O)CCc1cnccn1)c1ccc(Cl)c(Cl)c1. The van der Waals surface area contributed by atoms with Gasteiger partial charge in [-0.05, 0) is 31.0 Å². The van der Waals surface area contributed by atoms with Crippen LogP contribution < -0.4 is 5.32 Å². The molecule has 110 valence electrons. The minimum Gasteiger partial charge on any atom is -0.350 e. The van der Waals surface area contributed by atoms with Gasteiger partial charge in [-0.25, -0.2) is 0 Å². The number of aryl methyl sites for hydroxylation is 1. The Balaban J connectivity index is 1.88. The highest BCUT2D eigenvalue weighted by atomic mass is 35.5. The molecular weight excluding hydrogens is 309 g/mol. The van der Waals surface area contributed by atoms with E-state index in [4.69, 9.17) is 23.2 Å². The fourth-order valence-corrected chi connectivity index (χ4v) is 2.19. The Labute approximate surface area is 133 Å². The third kappa shape index (κ3) is 4.69. The van der Waals surface area contributed by atoms with Crippen LogP contribution >= 0.6 is 23.2 Å². The van der Waals surface area contributed by atoms with Crippen LogP contribution in [0.15, 0.2) is 36.8 Å². The number of nitrogens with one attached hydrogen (secondary N) is 1. The first-order valence-electron chi connectivity index (χ1n) is 6.55. The fraction of sp³-hybridized carbons (Fsp3) is 0.267. The fourth-order valence-electron chi connectivity index (χ4n) is 1.88. The molecule has 0 unspecified atom stereocenters. The van der Waals surface area contributed by atoms with Crippen molar-refractivity contribution in [1.29, 1.82) is 0 Å². The van der Waals surface area contributed by atoms with Crippen molar-refractivity contribution in [2.24, 2.45) is 0 Å². The molecule has 0 saturated carbocycles. The molecule has 2 aromatic rings. The summed E-state index contributed by atoms with van der Waals surface area (Å²) < 4.78 is 0. The zero-order valence-corrected chi connectivity index (χ0v) is 13.0. The van der Waals surface area contributed by atoms with Gasteiger partial charge in [0, 0.05) is 25.0 Å². The Kier molecular flexibility index (Phi) is 5.53. The molecule has 0 fully saturated rings. The zero-order chi connectivity index (χ0) is 15.2. The summed E-state index contributed by atoms with van der Waals surface area (Å²) in [6, 6.07) is 5.20. The van der Waals surface area contributed by atoms with Crippen molar-refractivity contribution in [2.75, 3.05) is 0 Å². The number of aromatic nitrogens is 2. The number of carbonyl (C=O) groups is 1. The molecule has 0 aliphatic rings. The van der Waals surface area contributed by atoms with Crippen molar-refractivity contribution in [3.63, 3.8) is 0 Å². The molecule has 0 aliphatic carbocycles. The molecule has 1 atom stereocenters. The molecule has 1 aromatic heterocycles. The molecule has 0 spiro atoms. The van der Waals surface area contributed by atoms with Crippen LogP contribution in [0.25, 0.3) is 0 Å². The van der Waals surface area contributed by atoms with E-state index in [1.165, 1.54) is 0 Å². The summed E-state index contributed by atoms with van der Waals surface area (Å²) in [5.74, 6) is -0.0424. The van der Waals surface area contributed by atoms with Crippen LogP contribution in [0, 0.1) is 0 Å². The summed E-state index contributed by atoms with van der Waals surface area (Å²) in [5.41, 5.74) is 1.71. The predicted octanol–water partition coefficient (Wildman–Crippen LogP) is 3.59. The zero-order valence-electron chi connectivity index (χ0n) is 11.5. The lowest BCUT2D eigenvalue weighted by Crippen LogP contribution is -2.26. The first kappa shape index (κ1) is 15.7. The van der Waals surface area contributed by atoms with Crippen LogP contribution in [0.5, 0.6) is 0 Å². The van der Waals surface area contributed by atoms with E-state index in [1.54, 1.807) is 30.7 Å². The van der Waals surface area contributed by atoms with Crippen molar-refractivity contribution >= 4 is 29.1 Å². The van der Waals surface area contributed by atoms with Gasteiger partial charge in [0.25, 0.3) is 0 Å². The number of nitrogens with zero attached hydrogens (tertiary/aromatic N) is 2. The lowest BCUT2D eigenvalue weighted by atomic mass is 10.1. The number of benzene rings is 1. The molecule has 1 amide bonds. The topological polar surface area (TPSA) is 54.9 Å². The van der Waals surface area contributed by atoms with Gasteiger partial charge in [-0.1, -0.05) is 29.3 Å². The van der Waals surface area contributed by atoms with Gasteiger partial charge < -0.3 is 5.32 Å². The summed E-state index contributed by atoms with van der Waals surface area (Å²) in [5, 5.41) is 3.91. The molecule has 0 radical (unpaired) electrons. The summed E-state index contributed by atoms with van der Waals surface area (Å²) in [6.07, 6.45) is 5.81. The largest absolute Gasteiger partial charge is 0.350 e. The Morgan fingerprint density at radius 3 is 2.76 bits per heavy atom. The lowest BCUT2D eigenvalue weighted by molar-refractivity contribution is -0.121. The molecule has 0 saturated heterocycles. The molecule has 21 heavy (non-hydrogen) atoms. The first-order valence-corrected chi connectivity index (χ1v) is 7.31. The standard InChI is InChI=1S/C15H15Cl2N3O/c1-10(11-2-4-13(16)14(17)8-11)20-15(21)5-3-12-9-18-6-7-19-12/h2,4,6-10H,3,5H2,1H3,(H,20,21)/t10-/m0/s1. The van der Waals surface area contributed by atoms with Crippen molar-refractivity contribution in [3.8, 4) is 0 Å². The molecular formula is C15H15Cl2N3O. The number of amides is 1. The molecule has 6 heteroatoms. The summed E-state index contributed by atoms with van der Waals surface area (Å²) in [6.45, 7) is 1.90. The first-order chi connectivity index (χ1) is 10.1. The number of rotatable bonds is 5. The molecule has 0 bridgehead atoms. The highest BCUT2D eigenvalue weighted by molar-refractivity contribution is 6.42. The number of carbonyl (C=O) groups excluding carboxylic acids is 1. The van der Waals surface area contributed by atoms with Crippen LogP contribution in [-0.4, -0.2) is 15.9 Å². The van der Waals surface area contributed by atoms with Crippen molar-refractivity contribution in [3.05, 3.63) is 58.1 Å². The maximum absolute atomic E-state index is 11.9. The third-order valence-electron chi connectivity index (χ3n) is 3.05. The van der Waals surface area contributed by atoms with E-state index in [0.29, 0.717) is 22.9 Å². The van der Waals surface area contributed by atoms with E-state index in [9.17, 15) is 4.79 Å². The van der Waals surface area contributed by atoms with Gasteiger partial charge in [0.15, 0.2) is 0 Å². The Morgan fingerprint density at radius 2 is 2.10 bits per heavy atom. The van der Waals surface area contributed by atoms with E-state index in [1.807, 2.05) is 13.0 Å². The van der Waals surface area contributed by atoms with E-state index in [-0.39, 0.29) is 11.9 Å². The minimum atomic E-state index is -0.130. The van der Waals surface area contributed by atoms with E-state index < -0.39 is 0 Å². The third-order valence-corrected chi connectivity index (χ3v) is 3.79. The lowest BCUT2D eigenvalue weighted by Gasteiger charge is -2.15. The quantitative estimate of drug-likeness (QED) is 0.914. The van der Waals surface area contributed by atoms with E-state index in [2.05, 4.69) is 15.3 Å². The van der Waals surface area contributed by atoms with Gasteiger partial charge in [0.2, 0.25) is 5.91 Å². The average molecular weight is 324 g/mol. The second-order valence-electron chi connectivity index (χ2n) is 4.66. The van der Waals surface area contributed by atoms with Gasteiger partial charge in [0.05, 0.1) is 21.8 Å². The highest BCUT2D eigenvalue weighted by Gasteiger charge is 2.11. The summed E-state index contributed by atoms with van der Waals surface area (Å²) in [7, 11) is 0. The minimum absolute atomic E-state index is 0.0424. The molecule has 1 N–H and O–H groups in total. The molecule has 4 nitrogen and oxygen atoms in total. The summed E-state index contributed by atoms with van der Waals surface area (Å²) >= 11 is 11.9. The molecule has 0 aliphatic heterocycles. The smallest absolute Gasteiger partial charge is 0.220 e. The van der Waals surface area contributed by atoms with Gasteiger partial charge in [-0.2, -0.15) is 0 Å². The maximum atomic E-state index is 11.9. The maximum Gasteiger partial charge on any atom is 0.220 e. The number of hydrogen-bond acceptors (Lipinski definition) is 3. The average Bonchev–Trinajstić information content (AvgIpc) is 2.49. The van der Waals surface area contributed by atoms with Crippen LogP contribution in [0.4, 0.5) is 0 Å². The van der Waals surface area contributed by atoms with Crippen LogP contribution in [0.2, 0.25) is 10.0 Å². The van der Waals surface area contributed by atoms with Crippen molar-refractivity contribution in [1.82, 2.24) is 15.3 Å². The predicted molar refractivity (Wildman–Crippen MR) is 83.4 cm³/mol. The Bertz CT molecular complexity index is 620. The molecule has 2 rings (SSSR count). The molecule has 1 aromatic carbocycles. The monoisotopic (exact) mass is 323 g/mol. The highest BCUT2D eigenvalue weighted by Crippen LogP contribution is 2.25. The summed E-state index contributed by atoms with van der Waals surface area (Å²) in [4.78, 5) is 20.0. The molecule has 1 heterocycles. The normalized spacial score (nSPS) is 12.0. The van der Waals surface area contributed by atoms with E-state index in [0.717, 1.165) is 11.3 Å². The Hall–Kier alpha value is -1.65. The van der Waals surface area contributed by atoms with Crippen LogP contribution in [-0.2, 0) is 11.2 Å². The van der Waals surface area contributed by atoms with Gasteiger partial charge in [-0.15, -0.1) is 0 Å². The van der Waals surface area contributed by atoms with Crippen molar-refractivity contribution < 1.29 is 4.79 Å². The number of halogens is 2. The van der Waals surface area contributed by atoms with Gasteiger partial charge in [0.1, 0.15) is 0 Å². The Morgan fingerprint density at radius 1 is 1.29 bits per heavy atom. The van der Waals surface area contributed by atoms with E-state index >= 15 is 0 Å². The van der Waals surface area contributed by atoms with Crippen molar-refractivity contribution in [2.45, 2.75) is 25.8 Å². The van der Waals surface area contributed by atoms with Crippen LogP contribution in [0.1, 0.15) is 30.6 Å². The second kappa shape index (κ2) is 7.38.